The summed E-state index contributed by atoms with van der Waals surface area (Å²) in [5.41, 5.74) is 2.62. The van der Waals surface area contributed by atoms with Crippen molar-refractivity contribution in [1.82, 2.24) is 20.0 Å². The summed E-state index contributed by atoms with van der Waals surface area (Å²) in [7, 11) is 0. The van der Waals surface area contributed by atoms with Gasteiger partial charge in [-0.15, -0.1) is 5.10 Å². The molecule has 0 aliphatic rings. The fraction of sp³-hybridized carbons (Fsp3) is 0.208. The lowest BCUT2D eigenvalue weighted by atomic mass is 10.1. The molecule has 0 bridgehead atoms. The van der Waals surface area contributed by atoms with Crippen LogP contribution in [0.4, 0.5) is 18.9 Å². The van der Waals surface area contributed by atoms with Crippen molar-refractivity contribution in [3.63, 3.8) is 0 Å². The van der Waals surface area contributed by atoms with Crippen LogP contribution in [0.2, 0.25) is 0 Å². The molecular weight excluding hydrogens is 447 g/mol. The quantitative estimate of drug-likeness (QED) is 0.318. The number of ether oxygens (including phenoxy) is 1. The summed E-state index contributed by atoms with van der Waals surface area (Å²) in [6.45, 7) is 2.17. The lowest BCUT2D eigenvalue weighted by molar-refractivity contribution is -0.137. The summed E-state index contributed by atoms with van der Waals surface area (Å²) < 4.78 is 50.7. The van der Waals surface area contributed by atoms with E-state index in [-0.39, 0.29) is 0 Å². The maximum absolute atomic E-state index is 12.6. The van der Waals surface area contributed by atoms with E-state index in [1.807, 2.05) is 24.3 Å². The number of nitrogens with zero attached hydrogens (tertiary/aromatic N) is 4. The summed E-state index contributed by atoms with van der Waals surface area (Å²) in [5, 5.41) is 10.9. The number of oxazole rings is 1. The van der Waals surface area contributed by atoms with E-state index in [1.165, 1.54) is 18.4 Å². The van der Waals surface area contributed by atoms with Crippen molar-refractivity contribution in [3.8, 4) is 0 Å². The van der Waals surface area contributed by atoms with Gasteiger partial charge in [0, 0.05) is 18.0 Å². The molecule has 4 aromatic rings. The summed E-state index contributed by atoms with van der Waals surface area (Å²) in [5.74, 6) is 0.370. The van der Waals surface area contributed by atoms with Gasteiger partial charge in [-0.05, 0) is 41.5 Å². The molecule has 0 fully saturated rings. The van der Waals surface area contributed by atoms with Crippen LogP contribution in [0.25, 0.3) is 12.2 Å². The number of rotatable bonds is 10. The maximum Gasteiger partial charge on any atom is 0.416 e. The predicted molar refractivity (Wildman–Crippen MR) is 120 cm³/mol. The van der Waals surface area contributed by atoms with Crippen LogP contribution < -0.4 is 5.32 Å². The van der Waals surface area contributed by atoms with Crippen molar-refractivity contribution >= 4 is 17.8 Å². The Kier molecular flexibility index (Phi) is 7.38. The minimum absolute atomic E-state index is 0.370. The molecule has 0 aliphatic heterocycles. The molecule has 0 saturated heterocycles. The monoisotopic (exact) mass is 469 g/mol. The Morgan fingerprint density at radius 2 is 1.82 bits per heavy atom. The number of nitrogens with one attached hydrogen (secondary N) is 1. The first-order valence-electron chi connectivity index (χ1n) is 10.5. The van der Waals surface area contributed by atoms with Gasteiger partial charge in [-0.25, -0.2) is 4.98 Å². The Balaban J connectivity index is 1.21. The number of hydrogen-bond acceptors (Lipinski definition) is 6. The van der Waals surface area contributed by atoms with Gasteiger partial charge >= 0.3 is 6.18 Å². The Morgan fingerprint density at radius 3 is 2.53 bits per heavy atom. The normalized spacial score (nSPS) is 11.9. The molecule has 0 unspecified atom stereocenters. The van der Waals surface area contributed by atoms with Gasteiger partial charge in [-0.2, -0.15) is 13.2 Å². The largest absolute Gasteiger partial charge is 0.445 e. The Bertz CT molecular complexity index is 1180. The second-order valence-corrected chi connectivity index (χ2v) is 7.40. The third kappa shape index (κ3) is 6.79. The summed E-state index contributed by atoms with van der Waals surface area (Å²) in [6.07, 6.45) is 3.87. The zero-order chi connectivity index (χ0) is 23.8. The molecule has 2 heterocycles. The first-order valence-corrected chi connectivity index (χ1v) is 10.5. The van der Waals surface area contributed by atoms with Crippen molar-refractivity contribution in [3.05, 3.63) is 95.5 Å². The number of halogens is 3. The molecule has 0 atom stereocenters. The molecule has 176 valence electrons. The van der Waals surface area contributed by atoms with Crippen molar-refractivity contribution in [2.24, 2.45) is 0 Å². The SMILES string of the molecule is FC(F)(F)c1ccc(C=Cc2nc(CNc3ccc(COCCn4ccnn4)cc3)co2)cc1. The molecule has 0 radical (unpaired) electrons. The number of anilines is 1. The molecule has 2 aromatic heterocycles. The highest BCUT2D eigenvalue weighted by Crippen LogP contribution is 2.29. The number of alkyl halides is 3. The molecule has 10 heteroatoms. The molecular formula is C24H22F3N5O2. The van der Waals surface area contributed by atoms with Gasteiger partial charge in [0.2, 0.25) is 5.89 Å². The topological polar surface area (TPSA) is 78.0 Å². The van der Waals surface area contributed by atoms with Gasteiger partial charge in [0.05, 0.1) is 43.8 Å². The molecule has 2 aromatic carbocycles. The van der Waals surface area contributed by atoms with Crippen LogP contribution >= 0.6 is 0 Å². The highest BCUT2D eigenvalue weighted by Gasteiger charge is 2.29. The average molecular weight is 469 g/mol. The standard InChI is InChI=1S/C24H22F3N5O2/c25-24(26,27)20-6-1-18(2-7-20)5-10-23-30-22(17-34-23)15-28-21-8-3-19(4-9-21)16-33-14-13-32-12-11-29-31-32/h1-12,17,28H,13-16H2. The van der Waals surface area contributed by atoms with Gasteiger partial charge in [-0.1, -0.05) is 29.5 Å². The zero-order valence-corrected chi connectivity index (χ0v) is 18.1. The third-order valence-electron chi connectivity index (χ3n) is 4.86. The van der Waals surface area contributed by atoms with E-state index in [9.17, 15) is 13.2 Å². The molecule has 0 aliphatic carbocycles. The Hall–Kier alpha value is -3.92. The fourth-order valence-electron chi connectivity index (χ4n) is 3.04. The van der Waals surface area contributed by atoms with Crippen LogP contribution in [-0.2, 0) is 30.6 Å². The minimum atomic E-state index is -4.35. The van der Waals surface area contributed by atoms with Gasteiger partial charge < -0.3 is 14.5 Å². The number of hydrogen-bond donors (Lipinski definition) is 1. The molecule has 4 rings (SSSR count). The lowest BCUT2D eigenvalue weighted by Gasteiger charge is -2.07. The molecule has 34 heavy (non-hydrogen) atoms. The van der Waals surface area contributed by atoms with Crippen LogP contribution in [0.1, 0.15) is 28.3 Å². The number of benzene rings is 2. The summed E-state index contributed by atoms with van der Waals surface area (Å²) >= 11 is 0. The highest BCUT2D eigenvalue weighted by atomic mass is 19.4. The lowest BCUT2D eigenvalue weighted by Crippen LogP contribution is -2.06. The van der Waals surface area contributed by atoms with Gasteiger partial charge in [0.1, 0.15) is 6.26 Å². The van der Waals surface area contributed by atoms with Crippen LogP contribution in [0.5, 0.6) is 0 Å². The van der Waals surface area contributed by atoms with E-state index in [1.54, 1.807) is 29.2 Å². The minimum Gasteiger partial charge on any atom is -0.445 e. The first-order chi connectivity index (χ1) is 16.5. The van der Waals surface area contributed by atoms with Crippen molar-refractivity contribution in [1.29, 1.82) is 0 Å². The van der Waals surface area contributed by atoms with Crippen LogP contribution in [0, 0.1) is 0 Å². The first kappa shape index (κ1) is 23.2. The maximum atomic E-state index is 12.6. The second-order valence-electron chi connectivity index (χ2n) is 7.40. The van der Waals surface area contributed by atoms with E-state index < -0.39 is 11.7 Å². The number of aromatic nitrogens is 4. The van der Waals surface area contributed by atoms with Crippen LogP contribution in [0.3, 0.4) is 0 Å². The smallest absolute Gasteiger partial charge is 0.416 e. The van der Waals surface area contributed by atoms with Crippen LogP contribution in [-0.4, -0.2) is 26.6 Å². The fourth-order valence-corrected chi connectivity index (χ4v) is 3.04. The van der Waals surface area contributed by atoms with E-state index in [0.717, 1.165) is 23.4 Å². The third-order valence-corrected chi connectivity index (χ3v) is 4.86. The van der Waals surface area contributed by atoms with Gasteiger partial charge in [0.15, 0.2) is 0 Å². The molecule has 0 saturated carbocycles. The molecule has 0 amide bonds. The summed E-state index contributed by atoms with van der Waals surface area (Å²) in [4.78, 5) is 4.36. The predicted octanol–water partition coefficient (Wildman–Crippen LogP) is 5.28. The van der Waals surface area contributed by atoms with E-state index in [0.29, 0.717) is 43.5 Å². The average Bonchev–Trinajstić information content (AvgIpc) is 3.52. The van der Waals surface area contributed by atoms with E-state index in [4.69, 9.17) is 9.15 Å². The van der Waals surface area contributed by atoms with Crippen molar-refractivity contribution < 1.29 is 22.3 Å². The van der Waals surface area contributed by atoms with E-state index >= 15 is 0 Å². The molecule has 0 spiro atoms. The van der Waals surface area contributed by atoms with Crippen molar-refractivity contribution in [2.75, 3.05) is 11.9 Å². The summed E-state index contributed by atoms with van der Waals surface area (Å²) in [6, 6.07) is 12.8. The molecule has 1 N–H and O–H groups in total. The molecule has 7 nitrogen and oxygen atoms in total. The highest BCUT2D eigenvalue weighted by molar-refractivity contribution is 5.66. The second kappa shape index (κ2) is 10.8. The Morgan fingerprint density at radius 1 is 1.03 bits per heavy atom. The van der Waals surface area contributed by atoms with Crippen molar-refractivity contribution in [2.45, 2.75) is 25.9 Å². The van der Waals surface area contributed by atoms with Crippen LogP contribution in [0.15, 0.2) is 71.6 Å². The van der Waals surface area contributed by atoms with E-state index in [2.05, 4.69) is 20.6 Å². The Labute approximate surface area is 193 Å². The van der Waals surface area contributed by atoms with Gasteiger partial charge in [0.25, 0.3) is 0 Å². The van der Waals surface area contributed by atoms with Gasteiger partial charge in [-0.3, -0.25) is 4.68 Å². The zero-order valence-electron chi connectivity index (χ0n) is 18.1.